The van der Waals surface area contributed by atoms with Gasteiger partial charge in [-0.3, -0.25) is 4.90 Å². The first kappa shape index (κ1) is 20.4. The lowest BCUT2D eigenvalue weighted by Crippen LogP contribution is -2.43. The van der Waals surface area contributed by atoms with E-state index in [1.807, 2.05) is 36.0 Å². The maximum absolute atomic E-state index is 6.13. The fraction of sp³-hybridized carbons (Fsp3) is 0.429. The lowest BCUT2D eigenvalue weighted by molar-refractivity contribution is 0.191. The Morgan fingerprint density at radius 1 is 1.07 bits per heavy atom. The molecule has 154 valence electrons. The summed E-state index contributed by atoms with van der Waals surface area (Å²) >= 11 is 12.1. The third-order valence-corrected chi connectivity index (χ3v) is 6.19. The molecule has 6 nitrogen and oxygen atoms in total. The fourth-order valence-corrected chi connectivity index (χ4v) is 4.16. The van der Waals surface area contributed by atoms with Crippen LogP contribution < -0.4 is 10.6 Å². The van der Waals surface area contributed by atoms with Crippen molar-refractivity contribution in [1.29, 1.82) is 0 Å². The highest BCUT2D eigenvalue weighted by atomic mass is 35.5. The van der Waals surface area contributed by atoms with Gasteiger partial charge in [0.2, 0.25) is 0 Å². The molecule has 1 aromatic carbocycles. The number of halogens is 2. The van der Waals surface area contributed by atoms with Gasteiger partial charge in [-0.25, -0.2) is 9.97 Å². The van der Waals surface area contributed by atoms with E-state index >= 15 is 0 Å². The van der Waals surface area contributed by atoms with Crippen molar-refractivity contribution in [2.24, 2.45) is 7.05 Å². The molecule has 3 aromatic rings. The van der Waals surface area contributed by atoms with Crippen LogP contribution in [0.15, 0.2) is 36.8 Å². The van der Waals surface area contributed by atoms with E-state index in [-0.39, 0.29) is 0 Å². The largest absolute Gasteiger partial charge is 0.382 e. The van der Waals surface area contributed by atoms with Crippen LogP contribution in [0.1, 0.15) is 18.4 Å². The lowest BCUT2D eigenvalue weighted by Gasteiger charge is -2.32. The molecule has 0 aliphatic carbocycles. The van der Waals surface area contributed by atoms with Gasteiger partial charge < -0.3 is 15.2 Å². The molecule has 0 atom stereocenters. The van der Waals surface area contributed by atoms with Crippen LogP contribution in [0.2, 0.25) is 10.0 Å². The number of aromatic nitrogens is 3. The smallest absolute Gasteiger partial charge is 0.161 e. The van der Waals surface area contributed by atoms with Gasteiger partial charge in [0, 0.05) is 38.9 Å². The maximum Gasteiger partial charge on any atom is 0.161 e. The monoisotopic (exact) mass is 432 g/mol. The third kappa shape index (κ3) is 5.01. The summed E-state index contributed by atoms with van der Waals surface area (Å²) < 4.78 is 1.94. The summed E-state index contributed by atoms with van der Waals surface area (Å²) in [4.78, 5) is 11.3. The number of hydrogen-bond acceptors (Lipinski definition) is 5. The zero-order valence-electron chi connectivity index (χ0n) is 16.5. The second-order valence-corrected chi connectivity index (χ2v) is 8.38. The summed E-state index contributed by atoms with van der Waals surface area (Å²) in [5.41, 5.74) is 4.07. The molecule has 1 fully saturated rings. The van der Waals surface area contributed by atoms with E-state index in [0.29, 0.717) is 16.1 Å². The third-order valence-electron chi connectivity index (χ3n) is 5.45. The number of fused-ring (bicyclic) bond motifs is 1. The molecule has 29 heavy (non-hydrogen) atoms. The quantitative estimate of drug-likeness (QED) is 0.553. The van der Waals surface area contributed by atoms with Crippen molar-refractivity contribution in [2.45, 2.75) is 25.4 Å². The molecule has 0 amide bonds. The van der Waals surface area contributed by atoms with E-state index < -0.39 is 0 Å². The zero-order chi connectivity index (χ0) is 20.2. The number of piperidine rings is 1. The minimum absolute atomic E-state index is 0.564. The molecule has 2 aromatic heterocycles. The molecule has 2 N–H and O–H groups in total. The molecule has 0 saturated carbocycles. The summed E-state index contributed by atoms with van der Waals surface area (Å²) in [6.45, 7) is 4.88. The molecule has 4 rings (SSSR count). The number of pyridine rings is 1. The summed E-state index contributed by atoms with van der Waals surface area (Å²) in [6.07, 6.45) is 5.93. The first-order valence-corrected chi connectivity index (χ1v) is 10.8. The Morgan fingerprint density at radius 3 is 2.69 bits per heavy atom. The maximum atomic E-state index is 6.13. The number of nitrogens with zero attached hydrogens (tertiary/aromatic N) is 4. The molecule has 0 spiro atoms. The van der Waals surface area contributed by atoms with E-state index in [4.69, 9.17) is 23.2 Å². The van der Waals surface area contributed by atoms with Gasteiger partial charge in [-0.1, -0.05) is 29.3 Å². The van der Waals surface area contributed by atoms with Gasteiger partial charge in [0.1, 0.15) is 5.52 Å². The number of imidazole rings is 1. The summed E-state index contributed by atoms with van der Waals surface area (Å²) in [5, 5.41) is 8.40. The van der Waals surface area contributed by atoms with Crippen LogP contribution in [-0.2, 0) is 13.6 Å². The second-order valence-electron chi connectivity index (χ2n) is 7.57. The lowest BCUT2D eigenvalue weighted by atomic mass is 10.0. The normalized spacial score (nSPS) is 15.8. The molecule has 0 unspecified atom stereocenters. The highest BCUT2D eigenvalue weighted by molar-refractivity contribution is 6.42. The van der Waals surface area contributed by atoms with Crippen molar-refractivity contribution in [3.8, 4) is 0 Å². The van der Waals surface area contributed by atoms with Gasteiger partial charge >= 0.3 is 0 Å². The van der Waals surface area contributed by atoms with Crippen molar-refractivity contribution in [1.82, 2.24) is 24.8 Å². The highest BCUT2D eigenvalue weighted by Gasteiger charge is 2.19. The van der Waals surface area contributed by atoms with E-state index in [1.54, 1.807) is 6.33 Å². The van der Waals surface area contributed by atoms with Gasteiger partial charge in [-0.15, -0.1) is 0 Å². The van der Waals surface area contributed by atoms with Crippen LogP contribution in [0.3, 0.4) is 0 Å². The summed E-state index contributed by atoms with van der Waals surface area (Å²) in [6, 6.07) is 8.45. The number of hydrogen-bond donors (Lipinski definition) is 2. The number of aryl methyl sites for hydroxylation is 1. The average molecular weight is 433 g/mol. The van der Waals surface area contributed by atoms with E-state index in [9.17, 15) is 0 Å². The van der Waals surface area contributed by atoms with Crippen LogP contribution in [-0.4, -0.2) is 51.7 Å². The van der Waals surface area contributed by atoms with E-state index in [0.717, 1.165) is 62.4 Å². The molecule has 3 heterocycles. The van der Waals surface area contributed by atoms with Crippen molar-refractivity contribution in [3.63, 3.8) is 0 Å². The Hall–Kier alpha value is -1.86. The SMILES string of the molecule is Cn1cnc2c(NCCNC3CCN(Cc4ccc(Cl)c(Cl)c4)CC3)ccnc21. The van der Waals surface area contributed by atoms with Gasteiger partial charge in [-0.05, 0) is 49.7 Å². The Morgan fingerprint density at radius 2 is 1.90 bits per heavy atom. The molecule has 8 heteroatoms. The molecule has 1 aliphatic heterocycles. The molecule has 1 aliphatic rings. The predicted molar refractivity (Wildman–Crippen MR) is 120 cm³/mol. The number of likely N-dealkylation sites (tertiary alicyclic amines) is 1. The number of anilines is 1. The summed E-state index contributed by atoms with van der Waals surface area (Å²) in [5.74, 6) is 0. The number of benzene rings is 1. The molecular weight excluding hydrogens is 407 g/mol. The standard InChI is InChI=1S/C21H26Cl2N6/c1-28-14-27-20-19(4-7-26-21(20)28)25-9-8-24-16-5-10-29(11-6-16)13-15-2-3-17(22)18(23)12-15/h2-4,7,12,14,16,24H,5-6,8-11,13H2,1H3,(H,25,26). The second kappa shape index (κ2) is 9.30. The van der Waals surface area contributed by atoms with Crippen LogP contribution in [0.25, 0.3) is 11.2 Å². The number of rotatable bonds is 7. The number of nitrogens with one attached hydrogen (secondary N) is 2. The highest BCUT2D eigenvalue weighted by Crippen LogP contribution is 2.24. The topological polar surface area (TPSA) is 58.0 Å². The van der Waals surface area contributed by atoms with Crippen molar-refractivity contribution in [2.75, 3.05) is 31.5 Å². The Labute approximate surface area is 181 Å². The first-order chi connectivity index (χ1) is 14.1. The van der Waals surface area contributed by atoms with Crippen LogP contribution in [0, 0.1) is 0 Å². The fourth-order valence-electron chi connectivity index (χ4n) is 3.83. The Bertz CT molecular complexity index is 965. The average Bonchev–Trinajstić information content (AvgIpc) is 3.11. The Balaban J connectivity index is 1.19. The van der Waals surface area contributed by atoms with Gasteiger partial charge in [-0.2, -0.15) is 0 Å². The molecule has 0 radical (unpaired) electrons. The zero-order valence-corrected chi connectivity index (χ0v) is 18.0. The minimum atomic E-state index is 0.564. The van der Waals surface area contributed by atoms with Crippen molar-refractivity contribution >= 4 is 40.1 Å². The molecule has 0 bridgehead atoms. The van der Waals surface area contributed by atoms with Crippen molar-refractivity contribution < 1.29 is 0 Å². The van der Waals surface area contributed by atoms with Crippen LogP contribution in [0.5, 0.6) is 0 Å². The van der Waals surface area contributed by atoms with Gasteiger partial charge in [0.05, 0.1) is 22.1 Å². The summed E-state index contributed by atoms with van der Waals surface area (Å²) in [7, 11) is 1.96. The van der Waals surface area contributed by atoms with Gasteiger partial charge in [0.15, 0.2) is 5.65 Å². The molecule has 1 saturated heterocycles. The minimum Gasteiger partial charge on any atom is -0.382 e. The van der Waals surface area contributed by atoms with Crippen LogP contribution in [0.4, 0.5) is 5.69 Å². The first-order valence-electron chi connectivity index (χ1n) is 10.00. The van der Waals surface area contributed by atoms with Gasteiger partial charge in [0.25, 0.3) is 0 Å². The van der Waals surface area contributed by atoms with Crippen molar-refractivity contribution in [3.05, 3.63) is 52.4 Å². The Kier molecular flexibility index (Phi) is 6.55. The van der Waals surface area contributed by atoms with Crippen LogP contribution >= 0.6 is 23.2 Å². The van der Waals surface area contributed by atoms with E-state index in [1.165, 1.54) is 5.56 Å². The predicted octanol–water partition coefficient (Wildman–Crippen LogP) is 3.94. The van der Waals surface area contributed by atoms with E-state index in [2.05, 4.69) is 31.6 Å². The molecular formula is C21H26Cl2N6.